The Labute approximate surface area is 166 Å². The van der Waals surface area contributed by atoms with Gasteiger partial charge in [0.25, 0.3) is 0 Å². The van der Waals surface area contributed by atoms with Gasteiger partial charge >= 0.3 is 0 Å². The maximum Gasteiger partial charge on any atom is 0.244 e. The molecule has 0 aliphatic carbocycles. The van der Waals surface area contributed by atoms with E-state index in [1.165, 1.54) is 29.5 Å². The van der Waals surface area contributed by atoms with Crippen LogP contribution < -0.4 is 9.47 Å². The lowest BCUT2D eigenvalue weighted by molar-refractivity contribution is 0.183. The number of halogens is 1. The molecule has 1 aliphatic heterocycles. The summed E-state index contributed by atoms with van der Waals surface area (Å²) in [7, 11) is -0.598. The molecule has 0 atom stereocenters. The third kappa shape index (κ3) is 4.07. The Hall–Kier alpha value is -1.13. The topological polar surface area (TPSA) is 59.1 Å². The Morgan fingerprint density at radius 3 is 2.35 bits per heavy atom. The first-order valence-electron chi connectivity index (χ1n) is 8.12. The highest BCUT2D eigenvalue weighted by molar-refractivity contribution is 9.10. The number of hydrogen-bond acceptors (Lipinski definition) is 6. The fourth-order valence-electron chi connectivity index (χ4n) is 2.92. The van der Waals surface area contributed by atoms with E-state index < -0.39 is 10.0 Å². The average Bonchev–Trinajstić information content (AvgIpc) is 3.14. The van der Waals surface area contributed by atoms with Crippen LogP contribution in [0.3, 0.4) is 0 Å². The second kappa shape index (κ2) is 8.26. The lowest BCUT2D eigenvalue weighted by atomic mass is 10.3. The maximum absolute atomic E-state index is 13.1. The van der Waals surface area contributed by atoms with Crippen molar-refractivity contribution < 1.29 is 17.9 Å². The van der Waals surface area contributed by atoms with Crippen molar-refractivity contribution in [1.29, 1.82) is 0 Å². The molecule has 3 rings (SSSR count). The van der Waals surface area contributed by atoms with Gasteiger partial charge in [-0.25, -0.2) is 8.42 Å². The molecule has 26 heavy (non-hydrogen) atoms. The van der Waals surface area contributed by atoms with Gasteiger partial charge in [-0.3, -0.25) is 4.90 Å². The summed E-state index contributed by atoms with van der Waals surface area (Å²) in [4.78, 5) is 3.77. The first-order chi connectivity index (χ1) is 12.5. The van der Waals surface area contributed by atoms with Gasteiger partial charge in [0.05, 0.1) is 14.2 Å². The van der Waals surface area contributed by atoms with Crippen LogP contribution in [0.2, 0.25) is 0 Å². The lowest BCUT2D eigenvalue weighted by Gasteiger charge is -2.34. The summed E-state index contributed by atoms with van der Waals surface area (Å²) >= 11 is 5.08. The first-order valence-corrected chi connectivity index (χ1v) is 11.2. The van der Waals surface area contributed by atoms with E-state index in [4.69, 9.17) is 9.47 Å². The van der Waals surface area contributed by atoms with Gasteiger partial charge in [0, 0.05) is 48.1 Å². The molecule has 0 bridgehead atoms. The Kier molecular flexibility index (Phi) is 6.24. The minimum atomic E-state index is -3.61. The van der Waals surface area contributed by atoms with Crippen LogP contribution in [0.15, 0.2) is 39.0 Å². The summed E-state index contributed by atoms with van der Waals surface area (Å²) in [5.74, 6) is 0.879. The van der Waals surface area contributed by atoms with E-state index in [2.05, 4.69) is 32.3 Å². The number of thiophene rings is 1. The number of rotatable bonds is 6. The van der Waals surface area contributed by atoms with Crippen molar-refractivity contribution >= 4 is 37.3 Å². The van der Waals surface area contributed by atoms with Crippen molar-refractivity contribution in [3.05, 3.63) is 39.0 Å². The highest BCUT2D eigenvalue weighted by Gasteiger charge is 2.31. The van der Waals surface area contributed by atoms with E-state index in [9.17, 15) is 8.42 Å². The summed E-state index contributed by atoms with van der Waals surface area (Å²) in [5.41, 5.74) is 0. The molecule has 0 radical (unpaired) electrons. The molecule has 0 saturated carbocycles. The standard InChI is InChI=1S/C17H21BrN2O4S2/c1-23-15-10-14(18)17(11-16(15)24-2)26(21,22)20-7-5-19(6-8-20)12-13-4-3-9-25-13/h3-4,9-11H,5-8,12H2,1-2H3. The minimum absolute atomic E-state index is 0.196. The van der Waals surface area contributed by atoms with Crippen molar-refractivity contribution in [3.8, 4) is 11.5 Å². The van der Waals surface area contributed by atoms with Crippen molar-refractivity contribution in [2.75, 3.05) is 40.4 Å². The van der Waals surface area contributed by atoms with Gasteiger partial charge in [-0.1, -0.05) is 6.07 Å². The molecule has 2 heterocycles. The monoisotopic (exact) mass is 460 g/mol. The number of hydrogen-bond donors (Lipinski definition) is 0. The third-order valence-electron chi connectivity index (χ3n) is 4.35. The fourth-order valence-corrected chi connectivity index (χ4v) is 6.09. The average molecular weight is 461 g/mol. The van der Waals surface area contributed by atoms with Crippen LogP contribution in [-0.2, 0) is 16.6 Å². The predicted molar refractivity (Wildman–Crippen MR) is 106 cm³/mol. The van der Waals surface area contributed by atoms with E-state index in [1.807, 2.05) is 6.07 Å². The zero-order valence-electron chi connectivity index (χ0n) is 14.6. The fraction of sp³-hybridized carbons (Fsp3) is 0.412. The van der Waals surface area contributed by atoms with Crippen LogP contribution in [0, 0.1) is 0 Å². The molecule has 2 aromatic rings. The molecule has 0 amide bonds. The molecule has 1 aliphatic rings. The van der Waals surface area contributed by atoms with Gasteiger partial charge in [-0.2, -0.15) is 4.31 Å². The number of ether oxygens (including phenoxy) is 2. The van der Waals surface area contributed by atoms with Crippen molar-refractivity contribution in [2.45, 2.75) is 11.4 Å². The molecule has 1 aromatic carbocycles. The third-order valence-corrected chi connectivity index (χ3v) is 8.06. The van der Waals surface area contributed by atoms with Crippen LogP contribution in [0.5, 0.6) is 11.5 Å². The van der Waals surface area contributed by atoms with Gasteiger partial charge in [0.2, 0.25) is 10.0 Å². The van der Waals surface area contributed by atoms with Crippen molar-refractivity contribution in [1.82, 2.24) is 9.21 Å². The van der Waals surface area contributed by atoms with Gasteiger partial charge < -0.3 is 9.47 Å². The Morgan fingerprint density at radius 1 is 1.12 bits per heavy atom. The van der Waals surface area contributed by atoms with Crippen LogP contribution >= 0.6 is 27.3 Å². The van der Waals surface area contributed by atoms with Gasteiger partial charge in [-0.15, -0.1) is 11.3 Å². The summed E-state index contributed by atoms with van der Waals surface area (Å²) in [5, 5.41) is 2.06. The Balaban J connectivity index is 1.75. The molecule has 1 saturated heterocycles. The molecular weight excluding hydrogens is 440 g/mol. The summed E-state index contributed by atoms with van der Waals surface area (Å²) in [6, 6.07) is 7.28. The SMILES string of the molecule is COc1cc(Br)c(S(=O)(=O)N2CCN(Cc3cccs3)CC2)cc1OC. The first kappa shape index (κ1) is 19.6. The number of methoxy groups -OCH3 is 2. The Morgan fingerprint density at radius 2 is 1.77 bits per heavy atom. The smallest absolute Gasteiger partial charge is 0.244 e. The van der Waals surface area contributed by atoms with E-state index in [0.29, 0.717) is 42.2 Å². The number of sulfonamides is 1. The van der Waals surface area contributed by atoms with Gasteiger partial charge in [-0.05, 0) is 33.4 Å². The van der Waals surface area contributed by atoms with Crippen LogP contribution in [-0.4, -0.2) is 58.0 Å². The highest BCUT2D eigenvalue weighted by Crippen LogP contribution is 2.36. The quantitative estimate of drug-likeness (QED) is 0.662. The molecule has 142 valence electrons. The molecule has 0 N–H and O–H groups in total. The zero-order valence-corrected chi connectivity index (χ0v) is 17.9. The van der Waals surface area contributed by atoms with Crippen LogP contribution in [0.1, 0.15) is 4.88 Å². The largest absolute Gasteiger partial charge is 0.493 e. The summed E-state index contributed by atoms with van der Waals surface area (Å²) in [6.45, 7) is 3.22. The van der Waals surface area contributed by atoms with E-state index in [0.717, 1.165) is 6.54 Å². The van der Waals surface area contributed by atoms with Crippen LogP contribution in [0.4, 0.5) is 0 Å². The molecule has 0 spiro atoms. The minimum Gasteiger partial charge on any atom is -0.493 e. The number of nitrogens with zero attached hydrogens (tertiary/aromatic N) is 2. The zero-order chi connectivity index (χ0) is 18.7. The molecule has 1 fully saturated rings. The molecular formula is C17H21BrN2O4S2. The van der Waals surface area contributed by atoms with Crippen molar-refractivity contribution in [3.63, 3.8) is 0 Å². The van der Waals surface area contributed by atoms with Crippen LogP contribution in [0.25, 0.3) is 0 Å². The molecule has 1 aromatic heterocycles. The van der Waals surface area contributed by atoms with E-state index >= 15 is 0 Å². The predicted octanol–water partition coefficient (Wildman–Crippen LogP) is 3.03. The second-order valence-corrected chi connectivity index (χ2v) is 9.69. The molecule has 9 heteroatoms. The van der Waals surface area contributed by atoms with E-state index in [1.54, 1.807) is 17.4 Å². The molecule has 0 unspecified atom stereocenters. The second-order valence-electron chi connectivity index (χ2n) is 5.90. The normalized spacial score (nSPS) is 16.6. The highest BCUT2D eigenvalue weighted by atomic mass is 79.9. The lowest BCUT2D eigenvalue weighted by Crippen LogP contribution is -2.48. The van der Waals surface area contributed by atoms with Gasteiger partial charge in [0.1, 0.15) is 4.90 Å². The van der Waals surface area contributed by atoms with Crippen molar-refractivity contribution in [2.24, 2.45) is 0 Å². The molecule has 6 nitrogen and oxygen atoms in total. The number of piperazine rings is 1. The summed E-state index contributed by atoms with van der Waals surface area (Å²) < 4.78 is 38.6. The summed E-state index contributed by atoms with van der Waals surface area (Å²) in [6.07, 6.45) is 0. The number of benzene rings is 1. The van der Waals surface area contributed by atoms with Gasteiger partial charge in [0.15, 0.2) is 11.5 Å². The van der Waals surface area contributed by atoms with E-state index in [-0.39, 0.29) is 4.90 Å². The Bertz CT molecular complexity index is 848. The maximum atomic E-state index is 13.1.